The van der Waals surface area contributed by atoms with Crippen molar-refractivity contribution in [2.75, 3.05) is 5.73 Å². The molecular formula is C15H20N4. The Hall–Kier alpha value is -1.84. The fraction of sp³-hybridized carbons (Fsp3) is 0.467. The van der Waals surface area contributed by atoms with E-state index in [-0.39, 0.29) is 0 Å². The highest BCUT2D eigenvalue weighted by Gasteiger charge is 2.26. The minimum Gasteiger partial charge on any atom is -0.399 e. The maximum absolute atomic E-state index is 5.92. The molecule has 19 heavy (non-hydrogen) atoms. The van der Waals surface area contributed by atoms with Gasteiger partial charge in [-0.15, -0.1) is 10.2 Å². The van der Waals surface area contributed by atoms with Crippen molar-refractivity contribution >= 4 is 5.69 Å². The van der Waals surface area contributed by atoms with Crippen molar-refractivity contribution in [3.05, 3.63) is 42.0 Å². The number of aromatic nitrogens is 3. The Balaban J connectivity index is 1.93. The van der Waals surface area contributed by atoms with Crippen LogP contribution in [-0.2, 0) is 7.05 Å². The second-order valence-corrected chi connectivity index (χ2v) is 5.56. The maximum atomic E-state index is 5.92. The smallest absolute Gasteiger partial charge is 0.140 e. The minimum absolute atomic E-state index is 0.307. The number of rotatable bonds is 4. The third kappa shape index (κ3) is 2.48. The second-order valence-electron chi connectivity index (χ2n) is 5.56. The van der Waals surface area contributed by atoms with Crippen LogP contribution in [0.25, 0.3) is 0 Å². The van der Waals surface area contributed by atoms with Crippen molar-refractivity contribution in [1.29, 1.82) is 0 Å². The Morgan fingerprint density at radius 2 is 2.26 bits per heavy atom. The summed E-state index contributed by atoms with van der Waals surface area (Å²) in [6.45, 7) is 0. The van der Waals surface area contributed by atoms with Crippen LogP contribution >= 0.6 is 0 Å². The van der Waals surface area contributed by atoms with E-state index >= 15 is 0 Å². The third-order valence-electron chi connectivity index (χ3n) is 4.16. The van der Waals surface area contributed by atoms with Gasteiger partial charge < -0.3 is 10.3 Å². The summed E-state index contributed by atoms with van der Waals surface area (Å²) in [5.74, 6) is 2.17. The molecule has 0 radical (unpaired) electrons. The molecule has 1 aliphatic rings. The topological polar surface area (TPSA) is 56.7 Å². The molecule has 0 amide bonds. The molecule has 1 heterocycles. The Morgan fingerprint density at radius 3 is 2.84 bits per heavy atom. The van der Waals surface area contributed by atoms with Crippen LogP contribution in [0.2, 0.25) is 0 Å². The predicted octanol–water partition coefficient (Wildman–Crippen LogP) is 2.72. The molecular weight excluding hydrogens is 236 g/mol. The van der Waals surface area contributed by atoms with E-state index in [0.717, 1.165) is 23.9 Å². The van der Waals surface area contributed by atoms with E-state index in [9.17, 15) is 0 Å². The van der Waals surface area contributed by atoms with Crippen LogP contribution in [0.3, 0.4) is 0 Å². The molecule has 4 nitrogen and oxygen atoms in total. The second kappa shape index (κ2) is 5.03. The average Bonchev–Trinajstić information content (AvgIpc) is 2.74. The van der Waals surface area contributed by atoms with E-state index in [1.165, 1.54) is 24.8 Å². The SMILES string of the molecule is Cn1cnnc1C(CC1CCC1)c1cccc(N)c1. The van der Waals surface area contributed by atoms with Crippen LogP contribution < -0.4 is 5.73 Å². The number of aryl methyl sites for hydroxylation is 1. The zero-order valence-electron chi connectivity index (χ0n) is 11.3. The van der Waals surface area contributed by atoms with Gasteiger partial charge in [-0.1, -0.05) is 31.4 Å². The summed E-state index contributed by atoms with van der Waals surface area (Å²) < 4.78 is 2.02. The third-order valence-corrected chi connectivity index (χ3v) is 4.16. The summed E-state index contributed by atoms with van der Waals surface area (Å²) in [6.07, 6.45) is 6.98. The molecule has 1 atom stereocenters. The van der Waals surface area contributed by atoms with Crippen molar-refractivity contribution in [2.45, 2.75) is 31.6 Å². The highest BCUT2D eigenvalue weighted by molar-refractivity contribution is 5.43. The van der Waals surface area contributed by atoms with Crippen LogP contribution in [0.15, 0.2) is 30.6 Å². The van der Waals surface area contributed by atoms with Crippen molar-refractivity contribution in [2.24, 2.45) is 13.0 Å². The lowest BCUT2D eigenvalue weighted by molar-refractivity contribution is 0.281. The standard InChI is InChI=1S/C15H20N4/c1-19-10-17-18-15(19)14(8-11-4-2-5-11)12-6-3-7-13(16)9-12/h3,6-7,9-11,14H,2,4-5,8,16H2,1H3. The van der Waals surface area contributed by atoms with Gasteiger partial charge in [0.2, 0.25) is 0 Å². The van der Waals surface area contributed by atoms with Gasteiger partial charge in [0.25, 0.3) is 0 Å². The van der Waals surface area contributed by atoms with E-state index in [4.69, 9.17) is 5.73 Å². The van der Waals surface area contributed by atoms with E-state index in [1.54, 1.807) is 6.33 Å². The lowest BCUT2D eigenvalue weighted by Crippen LogP contribution is -2.18. The van der Waals surface area contributed by atoms with E-state index in [2.05, 4.69) is 22.3 Å². The molecule has 0 spiro atoms. The fourth-order valence-electron chi connectivity index (χ4n) is 2.84. The molecule has 1 unspecified atom stereocenters. The highest BCUT2D eigenvalue weighted by atomic mass is 15.2. The molecule has 1 aromatic heterocycles. The average molecular weight is 256 g/mol. The monoisotopic (exact) mass is 256 g/mol. The normalized spacial score (nSPS) is 17.1. The minimum atomic E-state index is 0.307. The molecule has 3 rings (SSSR count). The number of hydrogen-bond acceptors (Lipinski definition) is 3. The first-order valence-corrected chi connectivity index (χ1v) is 6.93. The van der Waals surface area contributed by atoms with Crippen molar-refractivity contribution in [1.82, 2.24) is 14.8 Å². The molecule has 2 aromatic rings. The highest BCUT2D eigenvalue weighted by Crippen LogP contribution is 2.38. The lowest BCUT2D eigenvalue weighted by Gasteiger charge is -2.29. The van der Waals surface area contributed by atoms with Gasteiger partial charge in [0, 0.05) is 18.7 Å². The molecule has 1 saturated carbocycles. The Morgan fingerprint density at radius 1 is 1.42 bits per heavy atom. The van der Waals surface area contributed by atoms with E-state index in [0.29, 0.717) is 5.92 Å². The molecule has 1 aromatic carbocycles. The molecule has 1 aliphatic carbocycles. The summed E-state index contributed by atoms with van der Waals surface area (Å²) in [4.78, 5) is 0. The van der Waals surface area contributed by atoms with Crippen molar-refractivity contribution < 1.29 is 0 Å². The molecule has 1 fully saturated rings. The number of nitrogens with two attached hydrogens (primary N) is 1. The zero-order chi connectivity index (χ0) is 13.2. The Labute approximate surface area is 113 Å². The fourth-order valence-corrected chi connectivity index (χ4v) is 2.84. The van der Waals surface area contributed by atoms with Gasteiger partial charge in [-0.25, -0.2) is 0 Å². The van der Waals surface area contributed by atoms with Crippen LogP contribution in [0, 0.1) is 5.92 Å². The van der Waals surface area contributed by atoms with E-state index < -0.39 is 0 Å². The first-order chi connectivity index (χ1) is 9.24. The number of hydrogen-bond donors (Lipinski definition) is 1. The predicted molar refractivity (Wildman–Crippen MR) is 75.7 cm³/mol. The van der Waals surface area contributed by atoms with Gasteiger partial charge in [0.15, 0.2) is 0 Å². The van der Waals surface area contributed by atoms with Crippen LogP contribution in [0.1, 0.15) is 43.0 Å². The number of nitrogens with zero attached hydrogens (tertiary/aromatic N) is 3. The molecule has 0 bridgehead atoms. The summed E-state index contributed by atoms with van der Waals surface area (Å²) in [6, 6.07) is 8.17. The summed E-state index contributed by atoms with van der Waals surface area (Å²) >= 11 is 0. The number of nitrogen functional groups attached to an aromatic ring is 1. The van der Waals surface area contributed by atoms with Crippen LogP contribution in [-0.4, -0.2) is 14.8 Å². The molecule has 100 valence electrons. The molecule has 0 saturated heterocycles. The summed E-state index contributed by atoms with van der Waals surface area (Å²) in [5.41, 5.74) is 7.99. The van der Waals surface area contributed by atoms with Gasteiger partial charge in [0.05, 0.1) is 0 Å². The summed E-state index contributed by atoms with van der Waals surface area (Å²) in [5, 5.41) is 8.33. The number of anilines is 1. The van der Waals surface area contributed by atoms with Gasteiger partial charge in [-0.3, -0.25) is 0 Å². The quantitative estimate of drug-likeness (QED) is 0.856. The Kier molecular flexibility index (Phi) is 3.23. The molecule has 0 aliphatic heterocycles. The van der Waals surface area contributed by atoms with Crippen LogP contribution in [0.4, 0.5) is 5.69 Å². The van der Waals surface area contributed by atoms with Crippen molar-refractivity contribution in [3.8, 4) is 0 Å². The Bertz CT molecular complexity index is 557. The van der Waals surface area contributed by atoms with Gasteiger partial charge in [0.1, 0.15) is 12.2 Å². The first kappa shape index (κ1) is 12.2. The van der Waals surface area contributed by atoms with Crippen molar-refractivity contribution in [3.63, 3.8) is 0 Å². The zero-order valence-corrected chi connectivity index (χ0v) is 11.3. The summed E-state index contributed by atoms with van der Waals surface area (Å²) in [7, 11) is 2.01. The number of benzene rings is 1. The maximum Gasteiger partial charge on any atom is 0.140 e. The largest absolute Gasteiger partial charge is 0.399 e. The van der Waals surface area contributed by atoms with Crippen LogP contribution in [0.5, 0.6) is 0 Å². The van der Waals surface area contributed by atoms with E-state index in [1.807, 2.05) is 23.7 Å². The van der Waals surface area contributed by atoms with Gasteiger partial charge in [-0.05, 0) is 30.0 Å². The van der Waals surface area contributed by atoms with Gasteiger partial charge >= 0.3 is 0 Å². The first-order valence-electron chi connectivity index (χ1n) is 6.93. The molecule has 2 N–H and O–H groups in total. The van der Waals surface area contributed by atoms with Gasteiger partial charge in [-0.2, -0.15) is 0 Å². The molecule has 4 heteroatoms. The lowest BCUT2D eigenvalue weighted by atomic mass is 9.77.